The van der Waals surface area contributed by atoms with Gasteiger partial charge in [-0.3, -0.25) is 19.6 Å². The average molecular weight is 429 g/mol. The highest BCUT2D eigenvalue weighted by Crippen LogP contribution is 2.34. The van der Waals surface area contributed by atoms with Crippen LogP contribution in [0.2, 0.25) is 0 Å². The number of sulfonamides is 1. The minimum absolute atomic E-state index is 0.141. The lowest BCUT2D eigenvalue weighted by Gasteiger charge is -2.17. The van der Waals surface area contributed by atoms with Crippen molar-refractivity contribution in [2.24, 2.45) is 0 Å². The van der Waals surface area contributed by atoms with Crippen molar-refractivity contribution >= 4 is 44.3 Å². The quantitative estimate of drug-likeness (QED) is 0.492. The summed E-state index contributed by atoms with van der Waals surface area (Å²) in [5, 5.41) is 13.0. The van der Waals surface area contributed by atoms with Crippen LogP contribution >= 0.6 is 11.3 Å². The molecule has 0 saturated heterocycles. The number of nitrogens with zero attached hydrogens (tertiary/aromatic N) is 2. The average Bonchev–Trinajstić information content (AvgIpc) is 3.37. The summed E-state index contributed by atoms with van der Waals surface area (Å²) in [5.41, 5.74) is 1.29. The maximum absolute atomic E-state index is 12.7. The zero-order valence-corrected chi connectivity index (χ0v) is 16.6. The van der Waals surface area contributed by atoms with E-state index in [1.54, 1.807) is 35.2 Å². The number of rotatable bonds is 5. The molecule has 1 aliphatic heterocycles. The number of hydrogen-bond acceptors (Lipinski definition) is 6. The highest BCUT2D eigenvalue weighted by Gasteiger charge is 2.28. The topological polar surface area (TPSA) is 110 Å². The number of anilines is 2. The number of fused-ring (bicyclic) bond motifs is 1. The van der Waals surface area contributed by atoms with Crippen LogP contribution in [0.3, 0.4) is 0 Å². The number of nitro groups is 1. The van der Waals surface area contributed by atoms with E-state index in [1.165, 1.54) is 29.5 Å². The normalized spacial score (nSPS) is 13.2. The summed E-state index contributed by atoms with van der Waals surface area (Å²) >= 11 is 1.34. The van der Waals surface area contributed by atoms with Gasteiger partial charge in [-0.15, -0.1) is 11.3 Å². The van der Waals surface area contributed by atoms with E-state index in [4.69, 9.17) is 0 Å². The molecule has 1 aliphatic rings. The minimum Gasteiger partial charge on any atom is -0.307 e. The van der Waals surface area contributed by atoms with Gasteiger partial charge in [-0.25, -0.2) is 8.42 Å². The number of hydrogen-bond donors (Lipinski definition) is 1. The summed E-state index contributed by atoms with van der Waals surface area (Å²) in [6, 6.07) is 13.6. The standard InChI is InChI=1S/C19H15N3O5S2/c23-19(17-5-3-11-28-17)21-10-9-13-7-8-14(12-16(13)21)20-29(26,27)18-6-2-1-4-15(18)22(24)25/h1-8,11-12,20H,9-10H2. The van der Waals surface area contributed by atoms with Crippen molar-refractivity contribution in [3.63, 3.8) is 0 Å². The first-order valence-corrected chi connectivity index (χ1v) is 11.0. The minimum atomic E-state index is -4.18. The number of nitrogens with one attached hydrogen (secondary N) is 1. The van der Waals surface area contributed by atoms with Gasteiger partial charge in [0.2, 0.25) is 0 Å². The Morgan fingerprint density at radius 3 is 2.66 bits per heavy atom. The molecule has 8 nitrogen and oxygen atoms in total. The maximum atomic E-state index is 12.7. The van der Waals surface area contributed by atoms with E-state index in [9.17, 15) is 23.3 Å². The Balaban J connectivity index is 1.66. The van der Waals surface area contributed by atoms with Gasteiger partial charge in [-0.05, 0) is 41.6 Å². The first kappa shape index (κ1) is 19.1. The lowest BCUT2D eigenvalue weighted by atomic mass is 10.1. The van der Waals surface area contributed by atoms with Gasteiger partial charge in [0.05, 0.1) is 15.5 Å². The van der Waals surface area contributed by atoms with Gasteiger partial charge in [0.1, 0.15) is 0 Å². The van der Waals surface area contributed by atoms with Crippen molar-refractivity contribution in [1.29, 1.82) is 0 Å². The molecule has 1 amide bonds. The third-order valence-corrected chi connectivity index (χ3v) is 6.85. The molecule has 0 atom stereocenters. The first-order valence-electron chi connectivity index (χ1n) is 8.61. The molecular formula is C19H15N3O5S2. The van der Waals surface area contributed by atoms with E-state index in [0.29, 0.717) is 23.5 Å². The molecule has 0 fully saturated rings. The monoisotopic (exact) mass is 429 g/mol. The summed E-state index contributed by atoms with van der Waals surface area (Å²) in [7, 11) is -4.18. The van der Waals surface area contributed by atoms with Crippen LogP contribution in [0, 0.1) is 10.1 Å². The molecule has 0 radical (unpaired) electrons. The molecule has 3 aromatic rings. The summed E-state index contributed by atoms with van der Waals surface area (Å²) in [6.45, 7) is 0.506. The largest absolute Gasteiger partial charge is 0.307 e. The van der Waals surface area contributed by atoms with Crippen molar-refractivity contribution in [2.45, 2.75) is 11.3 Å². The fourth-order valence-corrected chi connectivity index (χ4v) is 5.13. The van der Waals surface area contributed by atoms with Crippen molar-refractivity contribution < 1.29 is 18.1 Å². The SMILES string of the molecule is O=C(c1cccs1)N1CCc2ccc(NS(=O)(=O)c3ccccc3[N+](=O)[O-])cc21. The first-order chi connectivity index (χ1) is 13.9. The smallest absolute Gasteiger partial charge is 0.289 e. The molecule has 0 bridgehead atoms. The van der Waals surface area contributed by atoms with Crippen molar-refractivity contribution in [2.75, 3.05) is 16.2 Å². The fraction of sp³-hybridized carbons (Fsp3) is 0.105. The van der Waals surface area contributed by atoms with Gasteiger partial charge in [0, 0.05) is 18.3 Å². The van der Waals surface area contributed by atoms with Crippen LogP contribution in [0.5, 0.6) is 0 Å². The molecular weight excluding hydrogens is 414 g/mol. The second kappa shape index (κ2) is 7.30. The third kappa shape index (κ3) is 3.59. The maximum Gasteiger partial charge on any atom is 0.289 e. The summed E-state index contributed by atoms with van der Waals surface area (Å²) < 4.78 is 27.9. The third-order valence-electron chi connectivity index (χ3n) is 4.56. The number of carbonyl (C=O) groups is 1. The summed E-state index contributed by atoms with van der Waals surface area (Å²) in [5.74, 6) is -0.141. The van der Waals surface area contributed by atoms with Gasteiger partial charge in [0.25, 0.3) is 21.6 Å². The van der Waals surface area contributed by atoms with E-state index in [-0.39, 0.29) is 11.6 Å². The Hall–Kier alpha value is -3.24. The van der Waals surface area contributed by atoms with Crippen molar-refractivity contribution in [3.05, 3.63) is 80.5 Å². The number of thiophene rings is 1. The molecule has 1 aromatic heterocycles. The fourth-order valence-electron chi connectivity index (χ4n) is 3.23. The lowest BCUT2D eigenvalue weighted by molar-refractivity contribution is -0.387. The molecule has 2 heterocycles. The van der Waals surface area contributed by atoms with E-state index in [1.807, 2.05) is 5.38 Å². The predicted octanol–water partition coefficient (Wildman–Crippen LogP) is 3.66. The molecule has 10 heteroatoms. The molecule has 0 aliphatic carbocycles. The molecule has 1 N–H and O–H groups in total. The predicted molar refractivity (Wildman–Crippen MR) is 110 cm³/mol. The van der Waals surface area contributed by atoms with Crippen LogP contribution < -0.4 is 9.62 Å². The van der Waals surface area contributed by atoms with Gasteiger partial charge >= 0.3 is 0 Å². The van der Waals surface area contributed by atoms with Gasteiger partial charge in [-0.2, -0.15) is 0 Å². The van der Waals surface area contributed by atoms with Crippen LogP contribution in [-0.2, 0) is 16.4 Å². The van der Waals surface area contributed by atoms with Crippen LogP contribution in [0.25, 0.3) is 0 Å². The Labute approximate surface area is 170 Å². The number of amides is 1. The lowest BCUT2D eigenvalue weighted by Crippen LogP contribution is -2.28. The Morgan fingerprint density at radius 2 is 1.93 bits per heavy atom. The van der Waals surface area contributed by atoms with Crippen molar-refractivity contribution in [1.82, 2.24) is 0 Å². The summed E-state index contributed by atoms with van der Waals surface area (Å²) in [4.78, 5) is 25.0. The van der Waals surface area contributed by atoms with E-state index in [0.717, 1.165) is 11.6 Å². The number of carbonyl (C=O) groups excluding carboxylic acids is 1. The van der Waals surface area contributed by atoms with Gasteiger partial charge in [-0.1, -0.05) is 24.3 Å². The molecule has 148 valence electrons. The van der Waals surface area contributed by atoms with Gasteiger partial charge < -0.3 is 4.90 Å². The number of para-hydroxylation sites is 1. The molecule has 0 saturated carbocycles. The number of benzene rings is 2. The van der Waals surface area contributed by atoms with Crippen LogP contribution in [0.1, 0.15) is 15.2 Å². The molecule has 0 spiro atoms. The Morgan fingerprint density at radius 1 is 1.14 bits per heavy atom. The molecule has 29 heavy (non-hydrogen) atoms. The second-order valence-corrected chi connectivity index (χ2v) is 8.96. The highest BCUT2D eigenvalue weighted by atomic mass is 32.2. The zero-order chi connectivity index (χ0) is 20.6. The zero-order valence-electron chi connectivity index (χ0n) is 14.9. The Bertz CT molecular complexity index is 1210. The van der Waals surface area contributed by atoms with E-state index in [2.05, 4.69) is 4.72 Å². The van der Waals surface area contributed by atoms with Crippen LogP contribution in [0.15, 0.2) is 64.9 Å². The molecule has 4 rings (SSSR count). The van der Waals surface area contributed by atoms with E-state index < -0.39 is 25.5 Å². The van der Waals surface area contributed by atoms with E-state index >= 15 is 0 Å². The summed E-state index contributed by atoms with van der Waals surface area (Å²) in [6.07, 6.45) is 0.670. The molecule has 2 aromatic carbocycles. The highest BCUT2D eigenvalue weighted by molar-refractivity contribution is 7.92. The van der Waals surface area contributed by atoms with Crippen molar-refractivity contribution in [3.8, 4) is 0 Å². The van der Waals surface area contributed by atoms with Gasteiger partial charge in [0.15, 0.2) is 4.90 Å². The molecule has 0 unspecified atom stereocenters. The Kier molecular flexibility index (Phi) is 4.81. The number of nitro benzene ring substituents is 1. The van der Waals surface area contributed by atoms with Crippen LogP contribution in [0.4, 0.5) is 17.1 Å². The second-order valence-electron chi connectivity index (χ2n) is 6.36. The van der Waals surface area contributed by atoms with Crippen LogP contribution in [-0.4, -0.2) is 25.8 Å².